The third-order valence-corrected chi connectivity index (χ3v) is 5.88. The number of thiazole rings is 1. The van der Waals surface area contributed by atoms with Gasteiger partial charge in [0.2, 0.25) is 5.91 Å². The van der Waals surface area contributed by atoms with Crippen molar-refractivity contribution in [1.29, 1.82) is 0 Å². The highest BCUT2D eigenvalue weighted by molar-refractivity contribution is 7.23. The lowest BCUT2D eigenvalue weighted by atomic mass is 10.2. The van der Waals surface area contributed by atoms with E-state index in [2.05, 4.69) is 4.98 Å². The Bertz CT molecular complexity index is 908. The van der Waals surface area contributed by atoms with Crippen LogP contribution >= 0.6 is 34.3 Å². The predicted molar refractivity (Wildman–Crippen MR) is 105 cm³/mol. The van der Waals surface area contributed by atoms with Gasteiger partial charge >= 0.3 is 0 Å². The summed E-state index contributed by atoms with van der Waals surface area (Å²) in [4.78, 5) is 31.0. The third kappa shape index (κ3) is 4.69. The number of carbonyl (C=O) groups is 2. The molecule has 2 aromatic heterocycles. The lowest BCUT2D eigenvalue weighted by Gasteiger charge is -2.21. The van der Waals surface area contributed by atoms with Crippen molar-refractivity contribution in [2.24, 2.45) is 5.73 Å². The van der Waals surface area contributed by atoms with Crippen LogP contribution in [0.1, 0.15) is 22.5 Å². The maximum absolute atomic E-state index is 12.9. The molecule has 1 aromatic carbocycles. The Labute approximate surface area is 164 Å². The molecule has 2 heterocycles. The number of hydrogen-bond acceptors (Lipinski definition) is 5. The third-order valence-electron chi connectivity index (χ3n) is 3.64. The fraction of sp³-hybridized carbons (Fsp3) is 0.167. The van der Waals surface area contributed by atoms with Gasteiger partial charge in [0, 0.05) is 24.9 Å². The minimum atomic E-state index is -0.442. The second-order valence-corrected chi connectivity index (χ2v) is 8.14. The largest absolute Gasteiger partial charge is 0.370 e. The number of amides is 2. The van der Waals surface area contributed by atoms with Gasteiger partial charge in [-0.3, -0.25) is 9.59 Å². The van der Waals surface area contributed by atoms with Gasteiger partial charge in [-0.15, -0.1) is 22.7 Å². The van der Waals surface area contributed by atoms with Crippen LogP contribution in [0.5, 0.6) is 0 Å². The van der Waals surface area contributed by atoms with E-state index in [0.717, 1.165) is 15.4 Å². The van der Waals surface area contributed by atoms with Crippen molar-refractivity contribution in [3.63, 3.8) is 0 Å². The molecule has 0 radical (unpaired) electrons. The summed E-state index contributed by atoms with van der Waals surface area (Å²) in [5.41, 5.74) is 6.59. The maximum Gasteiger partial charge on any atom is 0.273 e. The van der Waals surface area contributed by atoms with Crippen LogP contribution in [0.25, 0.3) is 9.88 Å². The van der Waals surface area contributed by atoms with Crippen LogP contribution < -0.4 is 5.73 Å². The Morgan fingerprint density at radius 2 is 1.92 bits per heavy atom. The van der Waals surface area contributed by atoms with Gasteiger partial charge < -0.3 is 10.6 Å². The number of benzene rings is 1. The first-order valence-electron chi connectivity index (χ1n) is 7.85. The van der Waals surface area contributed by atoms with Gasteiger partial charge in [0.25, 0.3) is 5.91 Å². The van der Waals surface area contributed by atoms with E-state index in [1.807, 2.05) is 36.4 Å². The molecule has 0 atom stereocenters. The molecule has 3 aromatic rings. The van der Waals surface area contributed by atoms with E-state index < -0.39 is 5.91 Å². The number of rotatable bonds is 7. The SMILES string of the molecule is NC(=O)CCN(Cc1ccccc1)C(=O)c1csc(-c2ccc(Cl)s2)n1. The van der Waals surface area contributed by atoms with Crippen LogP contribution in [0, 0.1) is 0 Å². The fourth-order valence-electron chi connectivity index (χ4n) is 2.38. The Morgan fingerprint density at radius 3 is 2.58 bits per heavy atom. The molecule has 5 nitrogen and oxygen atoms in total. The van der Waals surface area contributed by atoms with Crippen molar-refractivity contribution in [3.8, 4) is 9.88 Å². The molecule has 0 bridgehead atoms. The van der Waals surface area contributed by atoms with Crippen LogP contribution in [-0.2, 0) is 11.3 Å². The average Bonchev–Trinajstić information content (AvgIpc) is 3.27. The summed E-state index contributed by atoms with van der Waals surface area (Å²) in [6, 6.07) is 13.3. The van der Waals surface area contributed by atoms with Gasteiger partial charge in [0.15, 0.2) is 0 Å². The molecule has 0 saturated carbocycles. The van der Waals surface area contributed by atoms with Crippen molar-refractivity contribution >= 4 is 46.1 Å². The Morgan fingerprint density at radius 1 is 1.15 bits per heavy atom. The maximum atomic E-state index is 12.9. The minimum absolute atomic E-state index is 0.107. The van der Waals surface area contributed by atoms with E-state index in [1.165, 1.54) is 22.7 Å². The van der Waals surface area contributed by atoms with Gasteiger partial charge in [-0.05, 0) is 17.7 Å². The number of hydrogen-bond donors (Lipinski definition) is 1. The minimum Gasteiger partial charge on any atom is -0.370 e. The number of halogens is 1. The highest BCUT2D eigenvalue weighted by Crippen LogP contribution is 2.33. The van der Waals surface area contributed by atoms with Crippen molar-refractivity contribution in [1.82, 2.24) is 9.88 Å². The van der Waals surface area contributed by atoms with Crippen LogP contribution in [0.4, 0.5) is 0 Å². The molecule has 26 heavy (non-hydrogen) atoms. The Hall–Kier alpha value is -2.22. The molecular weight excluding hydrogens is 390 g/mol. The van der Waals surface area contributed by atoms with Gasteiger partial charge in [-0.2, -0.15) is 0 Å². The number of thiophene rings is 1. The second kappa shape index (κ2) is 8.44. The molecule has 0 unspecified atom stereocenters. The highest BCUT2D eigenvalue weighted by atomic mass is 35.5. The zero-order valence-corrected chi connectivity index (χ0v) is 16.1. The molecule has 134 valence electrons. The fourth-order valence-corrected chi connectivity index (χ4v) is 4.29. The van der Waals surface area contributed by atoms with E-state index in [4.69, 9.17) is 17.3 Å². The molecule has 0 saturated heterocycles. The zero-order chi connectivity index (χ0) is 18.5. The van der Waals surface area contributed by atoms with Gasteiger partial charge in [-0.1, -0.05) is 41.9 Å². The molecular formula is C18H16ClN3O2S2. The molecule has 0 aliphatic rings. The van der Waals surface area contributed by atoms with Crippen molar-refractivity contribution < 1.29 is 9.59 Å². The number of nitrogens with two attached hydrogens (primary N) is 1. The summed E-state index contributed by atoms with van der Waals surface area (Å²) in [6.45, 7) is 0.644. The molecule has 2 amide bonds. The van der Waals surface area contributed by atoms with Crippen LogP contribution in [0.2, 0.25) is 4.34 Å². The molecule has 2 N–H and O–H groups in total. The van der Waals surface area contributed by atoms with Gasteiger partial charge in [0.05, 0.1) is 9.21 Å². The molecule has 3 rings (SSSR count). The first-order valence-corrected chi connectivity index (χ1v) is 9.93. The van der Waals surface area contributed by atoms with Crippen molar-refractivity contribution in [3.05, 3.63) is 63.4 Å². The lowest BCUT2D eigenvalue weighted by molar-refractivity contribution is -0.118. The summed E-state index contributed by atoms with van der Waals surface area (Å²) in [7, 11) is 0. The summed E-state index contributed by atoms with van der Waals surface area (Å²) in [5, 5.41) is 2.48. The predicted octanol–water partition coefficient (Wildman–Crippen LogP) is 4.04. The summed E-state index contributed by atoms with van der Waals surface area (Å²) < 4.78 is 0.676. The molecule has 0 fully saturated rings. The van der Waals surface area contributed by atoms with Gasteiger partial charge in [0.1, 0.15) is 10.7 Å². The number of primary amides is 1. The summed E-state index contributed by atoms with van der Waals surface area (Å²) >= 11 is 8.78. The smallest absolute Gasteiger partial charge is 0.273 e. The lowest BCUT2D eigenvalue weighted by Crippen LogP contribution is -2.33. The molecule has 0 spiro atoms. The average molecular weight is 406 g/mol. The van der Waals surface area contributed by atoms with Crippen LogP contribution in [0.15, 0.2) is 47.8 Å². The number of aromatic nitrogens is 1. The van der Waals surface area contributed by atoms with E-state index >= 15 is 0 Å². The molecule has 0 aliphatic heterocycles. The summed E-state index contributed by atoms with van der Waals surface area (Å²) in [5.74, 6) is -0.664. The number of nitrogens with zero attached hydrogens (tertiary/aromatic N) is 2. The first-order chi connectivity index (χ1) is 12.5. The quantitative estimate of drug-likeness (QED) is 0.644. The summed E-state index contributed by atoms with van der Waals surface area (Å²) in [6.07, 6.45) is 0.107. The van der Waals surface area contributed by atoms with Crippen LogP contribution in [-0.4, -0.2) is 28.2 Å². The second-order valence-electron chi connectivity index (χ2n) is 5.57. The first kappa shape index (κ1) is 18.6. The van der Waals surface area contributed by atoms with E-state index in [-0.39, 0.29) is 18.9 Å². The molecule has 8 heteroatoms. The normalized spacial score (nSPS) is 10.7. The van der Waals surface area contributed by atoms with E-state index in [9.17, 15) is 9.59 Å². The number of carbonyl (C=O) groups excluding carboxylic acids is 2. The Kier molecular flexibility index (Phi) is 6.03. The topological polar surface area (TPSA) is 76.3 Å². The van der Waals surface area contributed by atoms with Crippen molar-refractivity contribution in [2.45, 2.75) is 13.0 Å². The zero-order valence-electron chi connectivity index (χ0n) is 13.7. The van der Waals surface area contributed by atoms with E-state index in [1.54, 1.807) is 16.3 Å². The molecule has 0 aliphatic carbocycles. The standard InChI is InChI=1S/C18H16ClN3O2S2/c19-15-7-6-14(26-15)17-21-13(11-25-17)18(24)22(9-8-16(20)23)10-12-4-2-1-3-5-12/h1-7,11H,8-10H2,(H2,20,23). The van der Waals surface area contributed by atoms with E-state index in [0.29, 0.717) is 16.6 Å². The monoisotopic (exact) mass is 405 g/mol. The van der Waals surface area contributed by atoms with Gasteiger partial charge in [-0.25, -0.2) is 4.98 Å². The highest BCUT2D eigenvalue weighted by Gasteiger charge is 2.20. The van der Waals surface area contributed by atoms with Crippen molar-refractivity contribution in [2.75, 3.05) is 6.54 Å². The van der Waals surface area contributed by atoms with Crippen LogP contribution in [0.3, 0.4) is 0 Å². The Balaban J connectivity index is 1.80.